The van der Waals surface area contributed by atoms with Crippen LogP contribution in [0, 0.1) is 11.3 Å². The van der Waals surface area contributed by atoms with Gasteiger partial charge in [-0.25, -0.2) is 4.79 Å². The number of unbranched alkanes of at least 4 members (excludes halogenated alkanes) is 7. The van der Waals surface area contributed by atoms with Crippen LogP contribution in [-0.2, 0) is 32.0 Å². The smallest absolute Gasteiger partial charge is 0.330 e. The van der Waals surface area contributed by atoms with E-state index >= 15 is 0 Å². The second kappa shape index (κ2) is 19.0. The summed E-state index contributed by atoms with van der Waals surface area (Å²) >= 11 is 0. The average Bonchev–Trinajstić information content (AvgIpc) is 3.04. The summed E-state index contributed by atoms with van der Waals surface area (Å²) in [5, 5.41) is 0. The summed E-state index contributed by atoms with van der Waals surface area (Å²) in [4.78, 5) is 36.0. The van der Waals surface area contributed by atoms with E-state index in [1.54, 1.807) is 0 Å². The Morgan fingerprint density at radius 1 is 0.814 bits per heavy atom. The summed E-state index contributed by atoms with van der Waals surface area (Å²) in [7, 11) is 0. The Kier molecular flexibility index (Phi) is 15.1. The van der Waals surface area contributed by atoms with Gasteiger partial charge in [0.15, 0.2) is 0 Å². The first-order chi connectivity index (χ1) is 21.0. The van der Waals surface area contributed by atoms with Crippen LogP contribution in [-0.4, -0.2) is 31.4 Å². The van der Waals surface area contributed by atoms with Gasteiger partial charge in [-0.1, -0.05) is 76.3 Å². The van der Waals surface area contributed by atoms with Gasteiger partial charge in [-0.3, -0.25) is 4.79 Å². The van der Waals surface area contributed by atoms with Crippen LogP contribution in [0.1, 0.15) is 102 Å². The van der Waals surface area contributed by atoms with Gasteiger partial charge in [-0.2, -0.15) is 0 Å². The van der Waals surface area contributed by atoms with Crippen molar-refractivity contribution in [2.75, 3.05) is 13.2 Å². The van der Waals surface area contributed by atoms with Gasteiger partial charge in [-0.05, 0) is 93.2 Å². The summed E-state index contributed by atoms with van der Waals surface area (Å²) in [6.07, 6.45) is 17.0. The van der Waals surface area contributed by atoms with Crippen molar-refractivity contribution in [3.05, 3.63) is 72.3 Å². The number of ether oxygens (including phenoxy) is 3. The second-order valence-corrected chi connectivity index (χ2v) is 12.0. The molecule has 0 radical (unpaired) electrons. The van der Waals surface area contributed by atoms with Crippen LogP contribution in [0.25, 0.3) is 0 Å². The van der Waals surface area contributed by atoms with Crippen molar-refractivity contribution < 1.29 is 28.6 Å². The van der Waals surface area contributed by atoms with Crippen molar-refractivity contribution in [3.63, 3.8) is 0 Å². The first-order valence-electron chi connectivity index (χ1n) is 16.2. The number of hydrogen-bond acceptors (Lipinski definition) is 6. The van der Waals surface area contributed by atoms with Crippen LogP contribution in [0.4, 0.5) is 0 Å². The molecular formula is C37H50O6. The first-order valence-corrected chi connectivity index (χ1v) is 16.2. The Hall–Kier alpha value is -3.41. The van der Waals surface area contributed by atoms with E-state index in [0.717, 1.165) is 50.6 Å². The molecule has 0 N–H and O–H groups in total. The summed E-state index contributed by atoms with van der Waals surface area (Å²) in [6.45, 7) is 6.37. The monoisotopic (exact) mass is 590 g/mol. The van der Waals surface area contributed by atoms with Crippen LogP contribution in [0.3, 0.4) is 0 Å². The van der Waals surface area contributed by atoms with Crippen molar-refractivity contribution >= 4 is 18.2 Å². The van der Waals surface area contributed by atoms with Gasteiger partial charge < -0.3 is 19.0 Å². The first kappa shape index (κ1) is 34.1. The lowest BCUT2D eigenvalue weighted by Gasteiger charge is -2.34. The summed E-state index contributed by atoms with van der Waals surface area (Å²) in [5.41, 5.74) is 1.94. The van der Waals surface area contributed by atoms with E-state index in [-0.39, 0.29) is 17.9 Å². The third kappa shape index (κ3) is 12.4. The topological polar surface area (TPSA) is 78.9 Å². The maximum atomic E-state index is 12.8. The van der Waals surface area contributed by atoms with Gasteiger partial charge in [0.25, 0.3) is 0 Å². The quantitative estimate of drug-likeness (QED) is 0.0507. The molecule has 234 valence electrons. The molecule has 2 aromatic carbocycles. The van der Waals surface area contributed by atoms with Crippen molar-refractivity contribution in [3.8, 4) is 11.5 Å². The molecule has 6 heteroatoms. The maximum absolute atomic E-state index is 12.8. The molecule has 0 bridgehead atoms. The lowest BCUT2D eigenvalue weighted by atomic mass is 9.72. The summed E-state index contributed by atoms with van der Waals surface area (Å²) in [5.74, 6) is 0.562. The fourth-order valence-electron chi connectivity index (χ4n) is 5.58. The molecule has 0 unspecified atom stereocenters. The van der Waals surface area contributed by atoms with Gasteiger partial charge in [0.05, 0.1) is 17.9 Å². The molecule has 1 fully saturated rings. The normalized spacial score (nSPS) is 18.0. The number of carbonyl (C=O) groups excluding carboxylic acids is 3. The van der Waals surface area contributed by atoms with Crippen molar-refractivity contribution in [1.82, 2.24) is 0 Å². The molecule has 0 aliphatic heterocycles. The van der Waals surface area contributed by atoms with Crippen molar-refractivity contribution in [2.24, 2.45) is 11.3 Å². The predicted octanol–water partition coefficient (Wildman–Crippen LogP) is 8.39. The van der Waals surface area contributed by atoms with Crippen LogP contribution in [0.15, 0.2) is 61.2 Å². The predicted molar refractivity (Wildman–Crippen MR) is 170 cm³/mol. The Labute approximate surface area is 258 Å². The molecule has 2 aromatic rings. The molecular weight excluding hydrogens is 540 g/mol. The third-order valence-corrected chi connectivity index (χ3v) is 8.50. The molecule has 0 amide bonds. The zero-order valence-corrected chi connectivity index (χ0v) is 26.0. The summed E-state index contributed by atoms with van der Waals surface area (Å²) in [6, 6.07) is 16.0. The molecule has 1 saturated carbocycles. The molecule has 43 heavy (non-hydrogen) atoms. The highest BCUT2D eigenvalue weighted by atomic mass is 16.5. The molecule has 0 spiro atoms. The third-order valence-electron chi connectivity index (χ3n) is 8.50. The highest BCUT2D eigenvalue weighted by molar-refractivity contribution is 5.81. The van der Waals surface area contributed by atoms with Gasteiger partial charge >= 0.3 is 11.9 Å². The fraction of sp³-hybridized carbons (Fsp3) is 0.541. The van der Waals surface area contributed by atoms with E-state index in [0.29, 0.717) is 44.6 Å². The Bertz CT molecular complexity index is 1110. The standard InChI is InChI=1S/C37H50O6/c1-3-5-6-7-10-13-31-17-21-34(22-18-31)43-36(40)32-23-25-37(28-38,26-24-32)29-42-33-19-15-30(16-20-33)14-11-8-9-12-27-41-35(39)4-2/h4,15-22,28,32H,2-3,5-14,23-27,29H2,1H3. The number of aldehydes is 1. The largest absolute Gasteiger partial charge is 0.493 e. The van der Waals surface area contributed by atoms with E-state index < -0.39 is 5.41 Å². The van der Waals surface area contributed by atoms with Crippen molar-refractivity contribution in [2.45, 2.75) is 103 Å². The molecule has 0 heterocycles. The Morgan fingerprint density at radius 2 is 1.37 bits per heavy atom. The molecule has 0 atom stereocenters. The molecule has 0 aromatic heterocycles. The van der Waals surface area contributed by atoms with Crippen molar-refractivity contribution in [1.29, 1.82) is 0 Å². The number of rotatable bonds is 20. The van der Waals surface area contributed by atoms with E-state index in [4.69, 9.17) is 14.2 Å². The second-order valence-electron chi connectivity index (χ2n) is 12.0. The van der Waals surface area contributed by atoms with Gasteiger partial charge in [-0.15, -0.1) is 0 Å². The molecule has 1 aliphatic rings. The van der Waals surface area contributed by atoms with E-state index in [1.165, 1.54) is 49.3 Å². The molecule has 0 saturated heterocycles. The number of hydrogen-bond donors (Lipinski definition) is 0. The number of esters is 2. The van der Waals surface area contributed by atoms with E-state index in [9.17, 15) is 14.4 Å². The molecule has 6 nitrogen and oxygen atoms in total. The van der Waals surface area contributed by atoms with Crippen LogP contribution in [0.5, 0.6) is 11.5 Å². The highest BCUT2D eigenvalue weighted by Crippen LogP contribution is 2.38. The number of aryl methyl sites for hydroxylation is 2. The van der Waals surface area contributed by atoms with Crippen LogP contribution in [0.2, 0.25) is 0 Å². The molecule has 3 rings (SSSR count). The van der Waals surface area contributed by atoms with E-state index in [2.05, 4.69) is 37.8 Å². The number of benzene rings is 2. The average molecular weight is 591 g/mol. The maximum Gasteiger partial charge on any atom is 0.330 e. The number of carbonyl (C=O) groups is 3. The molecule has 1 aliphatic carbocycles. The fourth-order valence-corrected chi connectivity index (χ4v) is 5.58. The minimum atomic E-state index is -0.575. The lowest BCUT2D eigenvalue weighted by Crippen LogP contribution is -2.37. The van der Waals surface area contributed by atoms with Crippen LogP contribution >= 0.6 is 0 Å². The zero-order valence-electron chi connectivity index (χ0n) is 26.0. The minimum Gasteiger partial charge on any atom is -0.493 e. The highest BCUT2D eigenvalue weighted by Gasteiger charge is 2.39. The van der Waals surface area contributed by atoms with Crippen LogP contribution < -0.4 is 9.47 Å². The zero-order chi connectivity index (χ0) is 30.8. The van der Waals surface area contributed by atoms with E-state index in [1.807, 2.05) is 24.3 Å². The van der Waals surface area contributed by atoms with Gasteiger partial charge in [0.1, 0.15) is 24.4 Å². The van der Waals surface area contributed by atoms with Gasteiger partial charge in [0, 0.05) is 6.08 Å². The van der Waals surface area contributed by atoms with Gasteiger partial charge in [0.2, 0.25) is 0 Å². The Morgan fingerprint density at radius 3 is 1.93 bits per heavy atom. The Balaban J connectivity index is 1.34. The minimum absolute atomic E-state index is 0.201. The SMILES string of the molecule is C=CC(=O)OCCCCCCc1ccc(OCC2(C=O)CCC(C(=O)Oc3ccc(CCCCCCC)cc3)CC2)cc1. The summed E-state index contributed by atoms with van der Waals surface area (Å²) < 4.78 is 16.7. The lowest BCUT2D eigenvalue weighted by molar-refractivity contribution is -0.142.